The van der Waals surface area contributed by atoms with Gasteiger partial charge < -0.3 is 20.5 Å². The Morgan fingerprint density at radius 1 is 1.14 bits per heavy atom. The average molecular weight is 286 g/mol. The Bertz CT molecular complexity index is 594. The van der Waals surface area contributed by atoms with Crippen LogP contribution < -0.4 is 15.4 Å². The molecule has 0 aliphatic carbocycles. The van der Waals surface area contributed by atoms with Crippen molar-refractivity contribution in [3.05, 3.63) is 54.1 Å². The van der Waals surface area contributed by atoms with E-state index in [1.807, 2.05) is 0 Å². The van der Waals surface area contributed by atoms with Gasteiger partial charge in [0.15, 0.2) is 6.61 Å². The third-order valence-corrected chi connectivity index (χ3v) is 3.12. The molecule has 21 heavy (non-hydrogen) atoms. The van der Waals surface area contributed by atoms with Crippen LogP contribution in [0.3, 0.4) is 0 Å². The molecule has 1 amide bonds. The largest absolute Gasteiger partial charge is 0.484 e. The summed E-state index contributed by atoms with van der Waals surface area (Å²) in [6.07, 6.45) is 0. The number of ether oxygens (including phenoxy) is 1. The summed E-state index contributed by atoms with van der Waals surface area (Å²) in [6, 6.07) is 14.0. The van der Waals surface area contributed by atoms with Crippen LogP contribution >= 0.6 is 0 Å². The molecule has 2 rings (SSSR count). The van der Waals surface area contributed by atoms with Gasteiger partial charge in [0.1, 0.15) is 5.75 Å². The number of nitrogens with zero attached hydrogens (tertiary/aromatic N) is 1. The number of amides is 1. The van der Waals surface area contributed by atoms with Gasteiger partial charge in [-0.2, -0.15) is 0 Å². The first-order chi connectivity index (χ1) is 10.1. The fourth-order valence-electron chi connectivity index (χ4n) is 1.77. The van der Waals surface area contributed by atoms with Crippen molar-refractivity contribution >= 4 is 17.3 Å². The van der Waals surface area contributed by atoms with Crippen LogP contribution in [0.2, 0.25) is 0 Å². The molecule has 0 fully saturated rings. The van der Waals surface area contributed by atoms with E-state index < -0.39 is 0 Å². The lowest BCUT2D eigenvalue weighted by Crippen LogP contribution is -2.31. The van der Waals surface area contributed by atoms with Gasteiger partial charge in [-0.1, -0.05) is 12.1 Å². The van der Waals surface area contributed by atoms with Gasteiger partial charge in [-0.25, -0.2) is 0 Å². The molecule has 5 nitrogen and oxygen atoms in total. The first-order valence-corrected chi connectivity index (χ1v) is 6.55. The zero-order valence-electron chi connectivity index (χ0n) is 11.8. The van der Waals surface area contributed by atoms with Crippen LogP contribution in [-0.2, 0) is 11.4 Å². The summed E-state index contributed by atoms with van der Waals surface area (Å²) in [4.78, 5) is 13.6. The molecule has 110 valence electrons. The van der Waals surface area contributed by atoms with E-state index in [4.69, 9.17) is 15.6 Å². The molecular formula is C16H18N2O3. The van der Waals surface area contributed by atoms with E-state index in [0.29, 0.717) is 11.4 Å². The average Bonchev–Trinajstić information content (AvgIpc) is 2.53. The number of likely N-dealkylation sites (N-methyl/N-ethyl adjacent to an activating group) is 1. The van der Waals surface area contributed by atoms with E-state index in [1.54, 1.807) is 55.6 Å². The predicted molar refractivity (Wildman–Crippen MR) is 82.1 cm³/mol. The molecule has 0 heterocycles. The van der Waals surface area contributed by atoms with E-state index in [2.05, 4.69) is 0 Å². The van der Waals surface area contributed by atoms with Crippen molar-refractivity contribution in [2.24, 2.45) is 0 Å². The fourth-order valence-corrected chi connectivity index (χ4v) is 1.77. The van der Waals surface area contributed by atoms with Crippen LogP contribution in [0.1, 0.15) is 5.56 Å². The van der Waals surface area contributed by atoms with E-state index in [-0.39, 0.29) is 19.1 Å². The number of aliphatic hydroxyl groups excluding tert-OH is 1. The zero-order valence-corrected chi connectivity index (χ0v) is 11.8. The van der Waals surface area contributed by atoms with Crippen LogP contribution in [0.25, 0.3) is 0 Å². The Morgan fingerprint density at radius 3 is 2.33 bits per heavy atom. The van der Waals surface area contributed by atoms with Crippen LogP contribution in [0, 0.1) is 0 Å². The maximum atomic E-state index is 12.1. The van der Waals surface area contributed by atoms with Crippen molar-refractivity contribution < 1.29 is 14.6 Å². The minimum atomic E-state index is -0.161. The Morgan fingerprint density at radius 2 is 1.76 bits per heavy atom. The molecule has 2 aromatic carbocycles. The lowest BCUT2D eigenvalue weighted by atomic mass is 10.2. The summed E-state index contributed by atoms with van der Waals surface area (Å²) in [5.74, 6) is 0.428. The zero-order chi connectivity index (χ0) is 15.2. The fraction of sp³-hybridized carbons (Fsp3) is 0.188. The molecule has 0 bridgehead atoms. The Hall–Kier alpha value is -2.53. The van der Waals surface area contributed by atoms with Crippen LogP contribution in [0.4, 0.5) is 11.4 Å². The highest BCUT2D eigenvalue weighted by atomic mass is 16.5. The van der Waals surface area contributed by atoms with Crippen LogP contribution in [0.5, 0.6) is 5.75 Å². The summed E-state index contributed by atoms with van der Waals surface area (Å²) in [6.45, 7) is -0.0710. The number of hydrogen-bond acceptors (Lipinski definition) is 4. The lowest BCUT2D eigenvalue weighted by molar-refractivity contribution is -0.120. The number of anilines is 2. The molecule has 0 aliphatic heterocycles. The van der Waals surface area contributed by atoms with Crippen molar-refractivity contribution in [2.75, 3.05) is 24.3 Å². The van der Waals surface area contributed by atoms with Gasteiger partial charge in [0.25, 0.3) is 5.91 Å². The summed E-state index contributed by atoms with van der Waals surface area (Å²) >= 11 is 0. The number of rotatable bonds is 5. The van der Waals surface area contributed by atoms with E-state index in [0.717, 1.165) is 11.3 Å². The van der Waals surface area contributed by atoms with E-state index >= 15 is 0 Å². The molecule has 0 saturated heterocycles. The lowest BCUT2D eigenvalue weighted by Gasteiger charge is -2.17. The normalized spacial score (nSPS) is 10.2. The Labute approximate surface area is 123 Å². The number of carbonyl (C=O) groups excluding carboxylic acids is 1. The quantitative estimate of drug-likeness (QED) is 0.822. The molecular weight excluding hydrogens is 268 g/mol. The maximum Gasteiger partial charge on any atom is 0.264 e. The van der Waals surface area contributed by atoms with Gasteiger partial charge >= 0.3 is 0 Å². The van der Waals surface area contributed by atoms with Gasteiger partial charge in [0.05, 0.1) is 6.61 Å². The first kappa shape index (κ1) is 14.9. The molecule has 0 atom stereocenters. The highest BCUT2D eigenvalue weighted by Crippen LogP contribution is 2.16. The van der Waals surface area contributed by atoms with Gasteiger partial charge in [0, 0.05) is 18.4 Å². The van der Waals surface area contributed by atoms with Gasteiger partial charge in [-0.3, -0.25) is 4.79 Å². The molecule has 3 N–H and O–H groups in total. The number of nitrogen functional groups attached to an aromatic ring is 1. The monoisotopic (exact) mass is 286 g/mol. The molecule has 0 spiro atoms. The van der Waals surface area contributed by atoms with Crippen molar-refractivity contribution in [1.82, 2.24) is 0 Å². The molecule has 0 aromatic heterocycles. The third kappa shape index (κ3) is 3.97. The molecule has 0 radical (unpaired) electrons. The summed E-state index contributed by atoms with van der Waals surface area (Å²) < 4.78 is 5.44. The SMILES string of the molecule is CN(C(=O)COc1ccc(CO)cc1)c1ccc(N)cc1. The highest BCUT2D eigenvalue weighted by Gasteiger charge is 2.11. The first-order valence-electron chi connectivity index (χ1n) is 6.55. The van der Waals surface area contributed by atoms with E-state index in [9.17, 15) is 4.79 Å². The Balaban J connectivity index is 1.92. The summed E-state index contributed by atoms with van der Waals surface area (Å²) in [5, 5.41) is 8.95. The second-order valence-corrected chi connectivity index (χ2v) is 4.64. The van der Waals surface area contributed by atoms with Crippen molar-refractivity contribution in [3.63, 3.8) is 0 Å². The third-order valence-electron chi connectivity index (χ3n) is 3.12. The van der Waals surface area contributed by atoms with Gasteiger partial charge in [0.2, 0.25) is 0 Å². The van der Waals surface area contributed by atoms with Crippen molar-refractivity contribution in [3.8, 4) is 5.75 Å². The second-order valence-electron chi connectivity index (χ2n) is 4.64. The number of nitrogens with two attached hydrogens (primary N) is 1. The minimum absolute atomic E-state index is 0.0148. The summed E-state index contributed by atoms with van der Waals surface area (Å²) in [5.41, 5.74) is 7.82. The smallest absolute Gasteiger partial charge is 0.264 e. The Kier molecular flexibility index (Phi) is 4.79. The van der Waals surface area contributed by atoms with Gasteiger partial charge in [-0.15, -0.1) is 0 Å². The molecule has 2 aromatic rings. The van der Waals surface area contributed by atoms with Gasteiger partial charge in [-0.05, 0) is 42.0 Å². The van der Waals surface area contributed by atoms with Crippen molar-refractivity contribution in [2.45, 2.75) is 6.61 Å². The molecule has 0 aliphatic rings. The predicted octanol–water partition coefficient (Wildman–Crippen LogP) is 1.80. The topological polar surface area (TPSA) is 75.8 Å². The highest BCUT2D eigenvalue weighted by molar-refractivity contribution is 5.94. The van der Waals surface area contributed by atoms with Crippen LogP contribution in [0.15, 0.2) is 48.5 Å². The summed E-state index contributed by atoms with van der Waals surface area (Å²) in [7, 11) is 1.69. The standard InChI is InChI=1S/C16H18N2O3/c1-18(14-6-4-13(17)5-7-14)16(20)11-21-15-8-2-12(10-19)3-9-15/h2-9,19H,10-11,17H2,1H3. The van der Waals surface area contributed by atoms with Crippen molar-refractivity contribution in [1.29, 1.82) is 0 Å². The molecule has 5 heteroatoms. The second kappa shape index (κ2) is 6.76. The van der Waals surface area contributed by atoms with E-state index in [1.165, 1.54) is 4.90 Å². The number of benzene rings is 2. The molecule has 0 unspecified atom stereocenters. The maximum absolute atomic E-state index is 12.1. The number of carbonyl (C=O) groups is 1. The number of hydrogen-bond donors (Lipinski definition) is 2. The number of aliphatic hydroxyl groups is 1. The van der Waals surface area contributed by atoms with Crippen LogP contribution in [-0.4, -0.2) is 24.7 Å². The molecule has 0 saturated carbocycles. The minimum Gasteiger partial charge on any atom is -0.484 e.